The van der Waals surface area contributed by atoms with Gasteiger partial charge < -0.3 is 5.32 Å². The third kappa shape index (κ3) is 5.32. The van der Waals surface area contributed by atoms with Gasteiger partial charge in [0.2, 0.25) is 5.95 Å². The Morgan fingerprint density at radius 1 is 1.03 bits per heavy atom. The van der Waals surface area contributed by atoms with Crippen LogP contribution in [-0.2, 0) is 10.0 Å². The quantitative estimate of drug-likeness (QED) is 0.420. The molecule has 0 atom stereocenters. The Labute approximate surface area is 182 Å². The Balaban J connectivity index is 1.75. The number of non-ortho nitro benzene ring substituents is 1. The van der Waals surface area contributed by atoms with Crippen LogP contribution in [0.3, 0.4) is 0 Å². The highest BCUT2D eigenvalue weighted by atomic mass is 35.5. The number of hydrogen-bond donors (Lipinski definition) is 2. The number of sulfonamides is 1. The molecule has 0 radical (unpaired) electrons. The first-order chi connectivity index (χ1) is 14.5. The fourth-order valence-electron chi connectivity index (χ4n) is 2.67. The van der Waals surface area contributed by atoms with E-state index in [-0.39, 0.29) is 27.1 Å². The van der Waals surface area contributed by atoms with Crippen molar-refractivity contribution in [2.24, 2.45) is 0 Å². The molecule has 0 aliphatic heterocycles. The zero-order valence-electron chi connectivity index (χ0n) is 16.3. The normalized spacial score (nSPS) is 11.1. The standard InChI is InChI=1S/C19H16ClN5O5S/c1-11-9-12(2)22-19(21-11)24-31(29,30)15-6-3-13(4-7-15)23-18(26)16-8-5-14(25(27)28)10-17(16)20/h3-10H,1-2H3,(H,23,26)(H,21,22,24). The lowest BCUT2D eigenvalue weighted by molar-refractivity contribution is -0.384. The van der Waals surface area contributed by atoms with Crippen molar-refractivity contribution in [1.29, 1.82) is 0 Å². The Morgan fingerprint density at radius 3 is 2.19 bits per heavy atom. The van der Waals surface area contributed by atoms with Gasteiger partial charge in [-0.1, -0.05) is 11.6 Å². The largest absolute Gasteiger partial charge is 0.322 e. The van der Waals surface area contributed by atoms with Crippen molar-refractivity contribution < 1.29 is 18.1 Å². The average Bonchev–Trinajstić information content (AvgIpc) is 2.67. The van der Waals surface area contributed by atoms with E-state index >= 15 is 0 Å². The van der Waals surface area contributed by atoms with Crippen molar-refractivity contribution in [3.05, 3.63) is 80.6 Å². The molecule has 0 aliphatic rings. The van der Waals surface area contributed by atoms with Crippen LogP contribution < -0.4 is 10.0 Å². The van der Waals surface area contributed by atoms with E-state index in [1.807, 2.05) is 0 Å². The van der Waals surface area contributed by atoms with Crippen LogP contribution in [0.5, 0.6) is 0 Å². The van der Waals surface area contributed by atoms with Gasteiger partial charge >= 0.3 is 0 Å². The van der Waals surface area contributed by atoms with E-state index in [0.717, 1.165) is 12.1 Å². The summed E-state index contributed by atoms with van der Waals surface area (Å²) in [5.74, 6) is -0.639. The van der Waals surface area contributed by atoms with Gasteiger partial charge in [-0.05, 0) is 50.2 Å². The average molecular weight is 462 g/mol. The molecule has 160 valence electrons. The molecule has 10 nitrogen and oxygen atoms in total. The Morgan fingerprint density at radius 2 is 1.65 bits per heavy atom. The van der Waals surface area contributed by atoms with Crippen LogP contribution in [0.1, 0.15) is 21.7 Å². The lowest BCUT2D eigenvalue weighted by atomic mass is 10.2. The van der Waals surface area contributed by atoms with Crippen molar-refractivity contribution in [2.45, 2.75) is 18.7 Å². The Bertz CT molecular complexity index is 1260. The molecule has 3 rings (SSSR count). The van der Waals surface area contributed by atoms with Crippen molar-refractivity contribution in [3.63, 3.8) is 0 Å². The lowest BCUT2D eigenvalue weighted by Crippen LogP contribution is -2.16. The van der Waals surface area contributed by atoms with Gasteiger partial charge in [0, 0.05) is 29.2 Å². The third-order valence-electron chi connectivity index (χ3n) is 4.04. The van der Waals surface area contributed by atoms with Crippen molar-refractivity contribution in [3.8, 4) is 0 Å². The number of carbonyl (C=O) groups excluding carboxylic acids is 1. The predicted molar refractivity (Wildman–Crippen MR) is 115 cm³/mol. The smallest absolute Gasteiger partial charge is 0.270 e. The Hall–Kier alpha value is -3.57. The molecule has 1 heterocycles. The molecule has 2 aromatic carbocycles. The van der Waals surface area contributed by atoms with Crippen LogP contribution in [0.25, 0.3) is 0 Å². The van der Waals surface area contributed by atoms with Gasteiger partial charge in [0.1, 0.15) is 0 Å². The van der Waals surface area contributed by atoms with Gasteiger partial charge in [0.25, 0.3) is 21.6 Å². The number of nitrogens with one attached hydrogen (secondary N) is 2. The van der Waals surface area contributed by atoms with E-state index in [9.17, 15) is 23.3 Å². The second kappa shape index (κ2) is 8.66. The number of nitro groups is 1. The summed E-state index contributed by atoms with van der Waals surface area (Å²) in [4.78, 5) is 30.6. The third-order valence-corrected chi connectivity index (χ3v) is 5.70. The van der Waals surface area contributed by atoms with Crippen LogP contribution in [0.2, 0.25) is 5.02 Å². The van der Waals surface area contributed by atoms with Crippen LogP contribution in [0, 0.1) is 24.0 Å². The summed E-state index contributed by atoms with van der Waals surface area (Å²) < 4.78 is 27.4. The van der Waals surface area contributed by atoms with Gasteiger partial charge in [-0.15, -0.1) is 0 Å². The number of nitrogens with zero attached hydrogens (tertiary/aromatic N) is 3. The molecule has 0 saturated heterocycles. The lowest BCUT2D eigenvalue weighted by Gasteiger charge is -2.10. The van der Waals surface area contributed by atoms with Crippen LogP contribution in [-0.4, -0.2) is 29.2 Å². The van der Waals surface area contributed by atoms with Gasteiger partial charge in [0.05, 0.1) is 20.4 Å². The van der Waals surface area contributed by atoms with E-state index in [4.69, 9.17) is 11.6 Å². The van der Waals surface area contributed by atoms with Crippen molar-refractivity contribution in [2.75, 3.05) is 10.0 Å². The molecule has 0 fully saturated rings. The van der Waals surface area contributed by atoms with Gasteiger partial charge in [-0.3, -0.25) is 14.9 Å². The summed E-state index contributed by atoms with van der Waals surface area (Å²) in [5.41, 5.74) is 1.34. The number of rotatable bonds is 6. The highest BCUT2D eigenvalue weighted by Gasteiger charge is 2.18. The molecule has 0 spiro atoms. The maximum atomic E-state index is 12.6. The first-order valence-corrected chi connectivity index (χ1v) is 10.6. The summed E-state index contributed by atoms with van der Waals surface area (Å²) in [5, 5.41) is 13.2. The minimum absolute atomic E-state index is 0.0392. The molecule has 0 aliphatic carbocycles. The topological polar surface area (TPSA) is 144 Å². The number of amides is 1. The maximum absolute atomic E-state index is 12.6. The first-order valence-electron chi connectivity index (χ1n) is 8.75. The summed E-state index contributed by atoms with van der Waals surface area (Å²) in [6.07, 6.45) is 0. The minimum atomic E-state index is -3.94. The molecule has 31 heavy (non-hydrogen) atoms. The van der Waals surface area contributed by atoms with Gasteiger partial charge in [-0.2, -0.15) is 0 Å². The summed E-state index contributed by atoms with van der Waals surface area (Å²) in [6.45, 7) is 3.45. The van der Waals surface area contributed by atoms with Crippen molar-refractivity contribution >= 4 is 44.9 Å². The second-order valence-electron chi connectivity index (χ2n) is 6.48. The molecule has 1 aromatic heterocycles. The number of aryl methyl sites for hydroxylation is 2. The first kappa shape index (κ1) is 22.1. The van der Waals surface area contributed by atoms with E-state index in [1.165, 1.54) is 30.3 Å². The molecule has 0 saturated carbocycles. The monoisotopic (exact) mass is 461 g/mol. The van der Waals surface area contributed by atoms with E-state index in [0.29, 0.717) is 17.1 Å². The number of benzene rings is 2. The van der Waals surface area contributed by atoms with E-state index in [2.05, 4.69) is 20.0 Å². The summed E-state index contributed by atoms with van der Waals surface area (Å²) >= 11 is 5.95. The minimum Gasteiger partial charge on any atom is -0.322 e. The molecular weight excluding hydrogens is 446 g/mol. The number of carbonyl (C=O) groups is 1. The van der Waals surface area contributed by atoms with Crippen LogP contribution >= 0.6 is 11.6 Å². The van der Waals surface area contributed by atoms with Gasteiger partial charge in [-0.25, -0.2) is 23.1 Å². The number of nitro benzene ring substituents is 1. The molecule has 2 N–H and O–H groups in total. The van der Waals surface area contributed by atoms with E-state index in [1.54, 1.807) is 19.9 Å². The second-order valence-corrected chi connectivity index (χ2v) is 8.57. The van der Waals surface area contributed by atoms with E-state index < -0.39 is 20.9 Å². The number of halogens is 1. The van der Waals surface area contributed by atoms with Gasteiger partial charge in [0.15, 0.2) is 0 Å². The zero-order chi connectivity index (χ0) is 22.8. The molecule has 12 heteroatoms. The molecule has 3 aromatic rings. The number of anilines is 2. The number of aromatic nitrogens is 2. The highest BCUT2D eigenvalue weighted by molar-refractivity contribution is 7.92. The Kier molecular flexibility index (Phi) is 6.18. The summed E-state index contributed by atoms with van der Waals surface area (Å²) in [6, 6.07) is 10.6. The number of hydrogen-bond acceptors (Lipinski definition) is 7. The molecule has 0 bridgehead atoms. The fourth-order valence-corrected chi connectivity index (χ4v) is 3.87. The van der Waals surface area contributed by atoms with Crippen molar-refractivity contribution in [1.82, 2.24) is 9.97 Å². The van der Waals surface area contributed by atoms with Crippen LogP contribution in [0.15, 0.2) is 53.4 Å². The summed E-state index contributed by atoms with van der Waals surface area (Å²) in [7, 11) is -3.94. The molecular formula is C19H16ClN5O5S. The zero-order valence-corrected chi connectivity index (χ0v) is 17.9. The SMILES string of the molecule is Cc1cc(C)nc(NS(=O)(=O)c2ccc(NC(=O)c3ccc([N+](=O)[O-])cc3Cl)cc2)n1. The molecule has 0 unspecified atom stereocenters. The molecule has 1 amide bonds. The highest BCUT2D eigenvalue weighted by Crippen LogP contribution is 2.24. The fraction of sp³-hybridized carbons (Fsp3) is 0.105. The van der Waals surface area contributed by atoms with Crippen LogP contribution in [0.4, 0.5) is 17.3 Å². The maximum Gasteiger partial charge on any atom is 0.270 e. The predicted octanol–water partition coefficient (Wildman–Crippen LogP) is 3.71.